The van der Waals surface area contributed by atoms with Crippen LogP contribution in [0.25, 0.3) is 10.1 Å². The van der Waals surface area contributed by atoms with Crippen molar-refractivity contribution >= 4 is 33.3 Å². The molecule has 0 aliphatic carbocycles. The summed E-state index contributed by atoms with van der Waals surface area (Å²) in [4.78, 5) is 16.2. The number of rotatable bonds is 2. The van der Waals surface area contributed by atoms with Crippen LogP contribution in [-0.4, -0.2) is 20.7 Å². The van der Waals surface area contributed by atoms with E-state index >= 15 is 0 Å². The molecule has 2 aromatic heterocycles. The number of fused-ring (bicyclic) bond motifs is 1. The van der Waals surface area contributed by atoms with E-state index in [0.29, 0.717) is 11.5 Å². The number of nitrogens with zero attached hydrogens (tertiary/aromatic N) is 3. The Morgan fingerprint density at radius 1 is 1.50 bits per heavy atom. The van der Waals surface area contributed by atoms with Crippen molar-refractivity contribution in [1.29, 1.82) is 0 Å². The Labute approximate surface area is 134 Å². The fourth-order valence-corrected chi connectivity index (χ4v) is 2.79. The summed E-state index contributed by atoms with van der Waals surface area (Å²) in [6, 6.07) is 6.84. The van der Waals surface area contributed by atoms with E-state index < -0.39 is 0 Å². The second-order valence-electron chi connectivity index (χ2n) is 4.15. The summed E-state index contributed by atoms with van der Waals surface area (Å²) >= 11 is 1.61. The average Bonchev–Trinajstić information content (AvgIpc) is 3.00. The molecule has 0 radical (unpaired) electrons. The summed E-state index contributed by atoms with van der Waals surface area (Å²) < 4.78 is 2.60. The van der Waals surface area contributed by atoms with Crippen LogP contribution in [0.1, 0.15) is 15.9 Å². The minimum absolute atomic E-state index is 0. The largest absolute Gasteiger partial charge is 0.299 e. The van der Waals surface area contributed by atoms with E-state index in [0.717, 1.165) is 15.6 Å². The van der Waals surface area contributed by atoms with Crippen LogP contribution in [0.3, 0.4) is 0 Å². The Hall–Kier alpha value is -1.52. The first-order chi connectivity index (χ1) is 9.16. The predicted molar refractivity (Wildman–Crippen MR) is 74.4 cm³/mol. The maximum Gasteiger partial charge on any atom is 0.227 e. The van der Waals surface area contributed by atoms with Crippen molar-refractivity contribution < 1.29 is 25.9 Å². The van der Waals surface area contributed by atoms with Crippen LogP contribution < -0.4 is 5.32 Å². The molecule has 3 rings (SSSR count). The Morgan fingerprint density at radius 3 is 3.00 bits per heavy atom. The van der Waals surface area contributed by atoms with Gasteiger partial charge in [-0.2, -0.15) is 10.1 Å². The van der Waals surface area contributed by atoms with E-state index in [9.17, 15) is 4.79 Å². The first-order valence-corrected chi connectivity index (χ1v) is 6.58. The second kappa shape index (κ2) is 5.85. The number of amides is 1. The van der Waals surface area contributed by atoms with Crippen LogP contribution in [0.5, 0.6) is 0 Å². The molecule has 0 bridgehead atoms. The number of carbonyl (C=O) groups is 1. The fourth-order valence-electron chi connectivity index (χ4n) is 1.91. The molecule has 0 atom stereocenters. The van der Waals surface area contributed by atoms with Crippen molar-refractivity contribution in [2.75, 3.05) is 5.32 Å². The molecular weight excluding hydrogens is 444 g/mol. The molecule has 1 N–H and O–H groups in total. The normalized spacial score (nSPS) is 10.3. The molecule has 1 amide bonds. The third-order valence-electron chi connectivity index (χ3n) is 2.96. The predicted octanol–water partition coefficient (Wildman–Crippen LogP) is 2.39. The molecule has 0 aliphatic heterocycles. The van der Waals surface area contributed by atoms with E-state index in [4.69, 9.17) is 0 Å². The molecule has 0 saturated heterocycles. The quantitative estimate of drug-likeness (QED) is 0.605. The van der Waals surface area contributed by atoms with Crippen molar-refractivity contribution in [3.05, 3.63) is 41.0 Å². The van der Waals surface area contributed by atoms with Crippen molar-refractivity contribution in [1.82, 2.24) is 14.8 Å². The summed E-state index contributed by atoms with van der Waals surface area (Å²) in [5.74, 6) is 0.232. The Balaban J connectivity index is 0.00000147. The van der Waals surface area contributed by atoms with Gasteiger partial charge in [-0.1, -0.05) is 17.0 Å². The van der Waals surface area contributed by atoms with E-state index in [1.807, 2.05) is 18.4 Å². The molecule has 20 heavy (non-hydrogen) atoms. The van der Waals surface area contributed by atoms with Crippen LogP contribution in [0.2, 0.25) is 0 Å². The maximum absolute atomic E-state index is 12.2. The maximum atomic E-state index is 12.2. The number of aromatic nitrogens is 3. The number of anilines is 1. The number of benzene rings is 1. The van der Waals surface area contributed by atoms with Crippen LogP contribution >= 0.6 is 11.3 Å². The zero-order chi connectivity index (χ0) is 13.4. The van der Waals surface area contributed by atoms with E-state index in [-0.39, 0.29) is 27.0 Å². The topological polar surface area (TPSA) is 59.8 Å². The van der Waals surface area contributed by atoms with Gasteiger partial charge in [0.05, 0.1) is 0 Å². The number of carbonyl (C=O) groups excluding carboxylic acids is 1. The van der Waals surface area contributed by atoms with Gasteiger partial charge in [0.1, 0.15) is 6.33 Å². The van der Waals surface area contributed by atoms with E-state index in [1.54, 1.807) is 24.5 Å². The van der Waals surface area contributed by atoms with Gasteiger partial charge in [0.25, 0.3) is 0 Å². The average molecular weight is 455 g/mol. The number of nitrogens with one attached hydrogen (secondary N) is 1. The number of hydrogen-bond donors (Lipinski definition) is 1. The smallest absolute Gasteiger partial charge is 0.227 e. The summed E-state index contributed by atoms with van der Waals surface area (Å²) in [5, 5.41) is 9.69. The Bertz CT molecular complexity index is 765. The minimum Gasteiger partial charge on any atom is -0.299 e. The molecule has 0 spiro atoms. The zero-order valence-electron chi connectivity index (χ0n) is 10.9. The standard InChI is InChI=1S/C13H11N4OS.W/c1-8-10(4-3-9-5-6-19-11(8)9)12(18)16-13-14-7-15-17(13)2;/h4-7H,1-2H3,(H,14,15,16,18);/q-1;. The van der Waals surface area contributed by atoms with Crippen LogP contribution in [0.15, 0.2) is 23.8 Å². The van der Waals surface area contributed by atoms with Crippen LogP contribution in [-0.2, 0) is 28.1 Å². The van der Waals surface area contributed by atoms with Gasteiger partial charge >= 0.3 is 0 Å². The van der Waals surface area contributed by atoms with Gasteiger partial charge in [0.2, 0.25) is 11.9 Å². The van der Waals surface area contributed by atoms with Gasteiger partial charge in [-0.15, -0.1) is 29.1 Å². The number of thiophene rings is 1. The molecule has 0 unspecified atom stereocenters. The fraction of sp³-hybridized carbons (Fsp3) is 0.154. The molecule has 102 valence electrons. The zero-order valence-corrected chi connectivity index (χ0v) is 14.6. The molecule has 3 aromatic rings. The summed E-state index contributed by atoms with van der Waals surface area (Å²) in [6.07, 6.45) is 1.40. The van der Waals surface area contributed by atoms with Crippen molar-refractivity contribution in [2.45, 2.75) is 6.92 Å². The first kappa shape index (κ1) is 14.9. The van der Waals surface area contributed by atoms with Gasteiger partial charge in [-0.3, -0.25) is 10.1 Å². The minimum atomic E-state index is -0.194. The van der Waals surface area contributed by atoms with E-state index in [1.165, 1.54) is 11.0 Å². The van der Waals surface area contributed by atoms with Gasteiger partial charge in [0.15, 0.2) is 0 Å². The van der Waals surface area contributed by atoms with Crippen molar-refractivity contribution in [3.63, 3.8) is 0 Å². The van der Waals surface area contributed by atoms with Crippen molar-refractivity contribution in [3.8, 4) is 0 Å². The van der Waals surface area contributed by atoms with Crippen LogP contribution in [0.4, 0.5) is 5.95 Å². The van der Waals surface area contributed by atoms with Gasteiger partial charge < -0.3 is 0 Å². The van der Waals surface area contributed by atoms with Crippen molar-refractivity contribution in [2.24, 2.45) is 7.05 Å². The molecular formula is C13H11N4OSW-. The molecule has 0 fully saturated rings. The third kappa shape index (κ3) is 2.53. The summed E-state index contributed by atoms with van der Waals surface area (Å²) in [7, 11) is 1.73. The third-order valence-corrected chi connectivity index (χ3v) is 4.00. The van der Waals surface area contributed by atoms with Gasteiger partial charge in [-0.05, 0) is 5.56 Å². The molecule has 7 heteroatoms. The molecule has 2 heterocycles. The molecule has 0 aliphatic rings. The molecule has 1 aromatic carbocycles. The molecule has 5 nitrogen and oxygen atoms in total. The molecule has 0 saturated carbocycles. The van der Waals surface area contributed by atoms with Gasteiger partial charge in [0, 0.05) is 28.1 Å². The second-order valence-corrected chi connectivity index (χ2v) is 5.07. The summed E-state index contributed by atoms with van der Waals surface area (Å²) in [5.41, 5.74) is 1.57. The number of hydrogen-bond acceptors (Lipinski definition) is 4. The Kier molecular flexibility index (Phi) is 4.35. The van der Waals surface area contributed by atoms with E-state index in [2.05, 4.69) is 21.5 Å². The van der Waals surface area contributed by atoms with Crippen LogP contribution in [0, 0.1) is 13.0 Å². The summed E-state index contributed by atoms with van der Waals surface area (Å²) in [6.45, 7) is 1.94. The number of aryl methyl sites for hydroxylation is 2. The first-order valence-electron chi connectivity index (χ1n) is 5.70. The van der Waals surface area contributed by atoms with Gasteiger partial charge in [-0.25, -0.2) is 16.0 Å². The monoisotopic (exact) mass is 455 g/mol. The SMILES string of the molecule is Cc1c(C(=O)Nc2ncnn2C)c[c-]c2ccsc12.[W]. The Morgan fingerprint density at radius 2 is 2.30 bits per heavy atom.